The Balaban J connectivity index is 1.82. The third-order valence-electron chi connectivity index (χ3n) is 3.59. The van der Waals surface area contributed by atoms with Crippen molar-refractivity contribution in [2.45, 2.75) is 18.6 Å². The molecule has 100 valence electrons. The van der Waals surface area contributed by atoms with Crippen molar-refractivity contribution in [3.05, 3.63) is 29.8 Å². The molecule has 1 aliphatic rings. The first-order chi connectivity index (χ1) is 8.72. The second-order valence-electron chi connectivity index (χ2n) is 4.80. The Hall–Kier alpha value is -1.10. The van der Waals surface area contributed by atoms with Crippen LogP contribution in [-0.2, 0) is 15.9 Å². The van der Waals surface area contributed by atoms with Gasteiger partial charge in [0.25, 0.3) is 0 Å². The Bertz CT molecular complexity index is 355. The molecule has 2 unspecified atom stereocenters. The first kappa shape index (κ1) is 13.3. The van der Waals surface area contributed by atoms with Crippen LogP contribution in [0.15, 0.2) is 24.3 Å². The molecular formula is C14H22N2O2. The van der Waals surface area contributed by atoms with E-state index in [1.54, 1.807) is 14.2 Å². The molecule has 0 saturated carbocycles. The van der Waals surface area contributed by atoms with Crippen LogP contribution < -0.4 is 5.73 Å². The summed E-state index contributed by atoms with van der Waals surface area (Å²) in [7, 11) is 3.50. The van der Waals surface area contributed by atoms with Crippen LogP contribution in [0.1, 0.15) is 5.56 Å². The molecule has 2 atom stereocenters. The zero-order chi connectivity index (χ0) is 13.0. The molecule has 0 amide bonds. The predicted octanol–water partition coefficient (Wildman–Crippen LogP) is 1.16. The highest BCUT2D eigenvalue weighted by molar-refractivity contribution is 5.39. The summed E-state index contributed by atoms with van der Waals surface area (Å²) >= 11 is 0. The Morgan fingerprint density at radius 1 is 1.11 bits per heavy atom. The largest absolute Gasteiger partial charge is 0.399 e. The maximum absolute atomic E-state index is 5.67. The van der Waals surface area contributed by atoms with Crippen molar-refractivity contribution in [3.63, 3.8) is 0 Å². The van der Waals surface area contributed by atoms with Crippen molar-refractivity contribution in [3.8, 4) is 0 Å². The van der Waals surface area contributed by atoms with E-state index in [0.717, 1.165) is 31.7 Å². The fourth-order valence-corrected chi connectivity index (χ4v) is 2.43. The molecule has 1 aromatic carbocycles. The van der Waals surface area contributed by atoms with Crippen LogP contribution in [-0.4, -0.2) is 51.0 Å². The van der Waals surface area contributed by atoms with Gasteiger partial charge in [-0.2, -0.15) is 0 Å². The van der Waals surface area contributed by atoms with Crippen LogP contribution in [0.2, 0.25) is 0 Å². The van der Waals surface area contributed by atoms with Crippen LogP contribution in [0.25, 0.3) is 0 Å². The smallest absolute Gasteiger partial charge is 0.0971 e. The number of hydrogen-bond donors (Lipinski definition) is 1. The highest BCUT2D eigenvalue weighted by atomic mass is 16.5. The number of hydrogen-bond acceptors (Lipinski definition) is 4. The van der Waals surface area contributed by atoms with E-state index in [2.05, 4.69) is 17.0 Å². The van der Waals surface area contributed by atoms with Crippen molar-refractivity contribution in [2.24, 2.45) is 0 Å². The minimum Gasteiger partial charge on any atom is -0.399 e. The lowest BCUT2D eigenvalue weighted by Gasteiger charge is -2.14. The molecule has 0 spiro atoms. The first-order valence-corrected chi connectivity index (χ1v) is 6.35. The topological polar surface area (TPSA) is 47.7 Å². The molecule has 2 rings (SSSR count). The van der Waals surface area contributed by atoms with E-state index >= 15 is 0 Å². The fraction of sp³-hybridized carbons (Fsp3) is 0.571. The molecule has 2 N–H and O–H groups in total. The van der Waals surface area contributed by atoms with Crippen molar-refractivity contribution in [1.82, 2.24) is 4.90 Å². The van der Waals surface area contributed by atoms with Gasteiger partial charge in [-0.25, -0.2) is 0 Å². The third kappa shape index (κ3) is 3.22. The Morgan fingerprint density at radius 3 is 2.17 bits per heavy atom. The number of anilines is 1. The van der Waals surface area contributed by atoms with Gasteiger partial charge < -0.3 is 15.2 Å². The van der Waals surface area contributed by atoms with E-state index < -0.39 is 0 Å². The summed E-state index contributed by atoms with van der Waals surface area (Å²) in [6.07, 6.45) is 1.43. The molecule has 1 aliphatic heterocycles. The minimum absolute atomic E-state index is 0.196. The van der Waals surface area contributed by atoms with E-state index in [1.165, 1.54) is 5.56 Å². The highest BCUT2D eigenvalue weighted by Crippen LogP contribution is 2.16. The lowest BCUT2D eigenvalue weighted by Crippen LogP contribution is -2.27. The molecule has 0 radical (unpaired) electrons. The molecular weight excluding hydrogens is 228 g/mol. The van der Waals surface area contributed by atoms with Gasteiger partial charge in [0, 0.05) is 39.5 Å². The number of nitrogen functional groups attached to an aromatic ring is 1. The van der Waals surface area contributed by atoms with Crippen molar-refractivity contribution < 1.29 is 9.47 Å². The van der Waals surface area contributed by atoms with Crippen molar-refractivity contribution in [2.75, 3.05) is 39.6 Å². The molecule has 1 fully saturated rings. The average Bonchev–Trinajstić information content (AvgIpc) is 2.80. The van der Waals surface area contributed by atoms with Gasteiger partial charge in [0.05, 0.1) is 12.2 Å². The molecule has 0 aliphatic carbocycles. The number of benzene rings is 1. The summed E-state index contributed by atoms with van der Waals surface area (Å²) in [6, 6.07) is 8.09. The summed E-state index contributed by atoms with van der Waals surface area (Å²) < 4.78 is 10.9. The van der Waals surface area contributed by atoms with E-state index in [9.17, 15) is 0 Å². The fourth-order valence-electron chi connectivity index (χ4n) is 2.43. The van der Waals surface area contributed by atoms with Crippen LogP contribution in [0.5, 0.6) is 0 Å². The maximum atomic E-state index is 5.67. The number of methoxy groups -OCH3 is 2. The van der Waals surface area contributed by atoms with Crippen molar-refractivity contribution in [1.29, 1.82) is 0 Å². The van der Waals surface area contributed by atoms with Crippen molar-refractivity contribution >= 4 is 5.69 Å². The van der Waals surface area contributed by atoms with E-state index in [1.807, 2.05) is 12.1 Å². The van der Waals surface area contributed by atoms with E-state index in [4.69, 9.17) is 15.2 Å². The number of nitrogens with two attached hydrogens (primary N) is 1. The van der Waals surface area contributed by atoms with E-state index in [0.29, 0.717) is 0 Å². The molecule has 0 bridgehead atoms. The molecule has 4 nitrogen and oxygen atoms in total. The summed E-state index contributed by atoms with van der Waals surface area (Å²) in [5, 5.41) is 0. The number of nitrogens with zero attached hydrogens (tertiary/aromatic N) is 1. The second-order valence-corrected chi connectivity index (χ2v) is 4.80. The SMILES string of the molecule is COC1CN(CCc2ccc(N)cc2)CC1OC. The second kappa shape index (κ2) is 6.18. The summed E-state index contributed by atoms with van der Waals surface area (Å²) in [4.78, 5) is 2.39. The average molecular weight is 250 g/mol. The summed E-state index contributed by atoms with van der Waals surface area (Å²) in [5.41, 5.74) is 7.81. The van der Waals surface area contributed by atoms with Crippen LogP contribution in [0, 0.1) is 0 Å². The van der Waals surface area contributed by atoms with Gasteiger partial charge >= 0.3 is 0 Å². The first-order valence-electron chi connectivity index (χ1n) is 6.35. The monoisotopic (exact) mass is 250 g/mol. The number of likely N-dealkylation sites (tertiary alicyclic amines) is 1. The van der Waals surface area contributed by atoms with E-state index in [-0.39, 0.29) is 12.2 Å². The summed E-state index contributed by atoms with van der Waals surface area (Å²) in [5.74, 6) is 0. The highest BCUT2D eigenvalue weighted by Gasteiger charge is 2.32. The standard InChI is InChI=1S/C14H22N2O2/c1-17-13-9-16(10-14(13)18-2)8-7-11-3-5-12(15)6-4-11/h3-6,13-14H,7-10,15H2,1-2H3. The molecule has 4 heteroatoms. The molecule has 1 saturated heterocycles. The minimum atomic E-state index is 0.196. The molecule has 1 heterocycles. The zero-order valence-electron chi connectivity index (χ0n) is 11.1. The van der Waals surface area contributed by atoms with Gasteiger partial charge in [-0.1, -0.05) is 12.1 Å². The Morgan fingerprint density at radius 2 is 1.67 bits per heavy atom. The summed E-state index contributed by atoms with van der Waals surface area (Å²) in [6.45, 7) is 2.93. The van der Waals surface area contributed by atoms with Gasteiger partial charge in [-0.15, -0.1) is 0 Å². The Labute approximate surface area is 109 Å². The van der Waals surface area contributed by atoms with Gasteiger partial charge in [0.1, 0.15) is 0 Å². The third-order valence-corrected chi connectivity index (χ3v) is 3.59. The van der Waals surface area contributed by atoms with Gasteiger partial charge in [0.15, 0.2) is 0 Å². The van der Waals surface area contributed by atoms with Gasteiger partial charge in [-0.3, -0.25) is 4.90 Å². The van der Waals surface area contributed by atoms with Gasteiger partial charge in [-0.05, 0) is 24.1 Å². The zero-order valence-corrected chi connectivity index (χ0v) is 11.1. The van der Waals surface area contributed by atoms with Crippen LogP contribution in [0.4, 0.5) is 5.69 Å². The predicted molar refractivity (Wildman–Crippen MR) is 72.6 cm³/mol. The van der Waals surface area contributed by atoms with Crippen LogP contribution in [0.3, 0.4) is 0 Å². The van der Waals surface area contributed by atoms with Crippen LogP contribution >= 0.6 is 0 Å². The normalized spacial score (nSPS) is 24.6. The number of ether oxygens (including phenoxy) is 2. The molecule has 1 aromatic rings. The lowest BCUT2D eigenvalue weighted by molar-refractivity contribution is -0.00461. The number of rotatable bonds is 5. The molecule has 0 aromatic heterocycles. The van der Waals surface area contributed by atoms with Gasteiger partial charge in [0.2, 0.25) is 0 Å². The molecule has 18 heavy (non-hydrogen) atoms. The quantitative estimate of drug-likeness (QED) is 0.797. The lowest BCUT2D eigenvalue weighted by atomic mass is 10.1. The Kier molecular flexibility index (Phi) is 4.58. The maximum Gasteiger partial charge on any atom is 0.0971 e.